The van der Waals surface area contributed by atoms with Crippen molar-refractivity contribution in [2.75, 3.05) is 49.5 Å². The molecule has 4 aromatic rings. The van der Waals surface area contributed by atoms with E-state index >= 15 is 0 Å². The number of nitrogens with zero attached hydrogens (tertiary/aromatic N) is 3. The lowest BCUT2D eigenvalue weighted by Gasteiger charge is -2.36. The second-order valence-corrected chi connectivity index (χ2v) is 8.30. The van der Waals surface area contributed by atoms with Crippen molar-refractivity contribution in [2.45, 2.75) is 6.10 Å². The Morgan fingerprint density at radius 1 is 1.06 bits per heavy atom. The Morgan fingerprint density at radius 2 is 1.88 bits per heavy atom. The summed E-state index contributed by atoms with van der Waals surface area (Å²) in [6, 6.07) is 15.4. The van der Waals surface area contributed by atoms with E-state index in [4.69, 9.17) is 4.42 Å². The number of aliphatic hydroxyl groups is 1. The smallest absolute Gasteiger partial charge is 0.338 e. The van der Waals surface area contributed by atoms with Crippen molar-refractivity contribution in [3.8, 4) is 0 Å². The molecule has 0 amide bonds. The van der Waals surface area contributed by atoms with E-state index < -0.39 is 11.7 Å². The van der Waals surface area contributed by atoms with Gasteiger partial charge in [0.25, 0.3) is 0 Å². The number of rotatable bonds is 6. The summed E-state index contributed by atoms with van der Waals surface area (Å²) in [6.45, 7) is 3.85. The number of fused-ring (bicyclic) bond motifs is 2. The molecular weight excluding hydrogens is 423 g/mol. The van der Waals surface area contributed by atoms with Crippen LogP contribution in [0.15, 0.2) is 70.0 Å². The highest BCUT2D eigenvalue weighted by Crippen LogP contribution is 2.26. The summed E-state index contributed by atoms with van der Waals surface area (Å²) in [4.78, 5) is 20.7. The Kier molecular flexibility index (Phi) is 5.93. The van der Waals surface area contributed by atoms with Gasteiger partial charge < -0.3 is 19.7 Å². The summed E-state index contributed by atoms with van der Waals surface area (Å²) in [6.07, 6.45) is 1.15. The number of nitrogens with one attached hydrogen (secondary N) is 1. The third-order valence-corrected chi connectivity index (χ3v) is 6.03. The van der Waals surface area contributed by atoms with Gasteiger partial charge in [-0.05, 0) is 35.7 Å². The zero-order valence-electron chi connectivity index (χ0n) is 18.1. The number of pyridine rings is 1. The maximum atomic E-state index is 13.8. The number of aromatic nitrogens is 1. The molecule has 0 spiro atoms. The molecule has 2 aromatic heterocycles. The molecule has 8 heteroatoms. The van der Waals surface area contributed by atoms with Gasteiger partial charge >= 0.3 is 5.63 Å². The largest absolute Gasteiger partial charge is 0.423 e. The van der Waals surface area contributed by atoms with Gasteiger partial charge in [0.1, 0.15) is 17.2 Å². The van der Waals surface area contributed by atoms with Crippen LogP contribution < -0.4 is 15.8 Å². The maximum Gasteiger partial charge on any atom is 0.338 e. The zero-order valence-corrected chi connectivity index (χ0v) is 18.1. The van der Waals surface area contributed by atoms with Gasteiger partial charge in [-0.2, -0.15) is 0 Å². The van der Waals surface area contributed by atoms with Gasteiger partial charge in [0.05, 0.1) is 11.8 Å². The summed E-state index contributed by atoms with van der Waals surface area (Å²) >= 11 is 0. The molecule has 5 rings (SSSR count). The summed E-state index contributed by atoms with van der Waals surface area (Å²) < 4.78 is 19.0. The summed E-state index contributed by atoms with van der Waals surface area (Å²) in [5, 5.41) is 16.4. The summed E-state index contributed by atoms with van der Waals surface area (Å²) in [7, 11) is 0. The molecular formula is C25H25FN4O3. The normalized spacial score (nSPS) is 15.8. The van der Waals surface area contributed by atoms with E-state index in [0.29, 0.717) is 24.4 Å². The minimum absolute atomic E-state index is 0.269. The molecule has 0 saturated carbocycles. The van der Waals surface area contributed by atoms with Crippen LogP contribution in [0.5, 0.6) is 0 Å². The molecule has 1 aliphatic heterocycles. The molecule has 1 aliphatic rings. The Labute approximate surface area is 190 Å². The predicted octanol–water partition coefficient (Wildman–Crippen LogP) is 3.08. The average molecular weight is 448 g/mol. The van der Waals surface area contributed by atoms with Crippen molar-refractivity contribution < 1.29 is 13.9 Å². The standard InChI is InChI=1S/C25H25FN4O3/c26-18-6-5-17-7-8-27-25(21(17)13-18)30-11-9-29(10-12-30)16-19(31)15-28-22-14-24(32)33-23-4-2-1-3-20(22)23/h1-8,13-14,19,28,31H,9-12,15-16H2/t19-/m0/s1. The number of β-amino-alcohol motifs (C(OH)–C–C–N with tert-alkyl or cyclic N) is 1. The zero-order chi connectivity index (χ0) is 22.8. The Morgan fingerprint density at radius 3 is 2.73 bits per heavy atom. The molecule has 1 atom stereocenters. The minimum Gasteiger partial charge on any atom is -0.423 e. The first-order valence-corrected chi connectivity index (χ1v) is 11.0. The lowest BCUT2D eigenvalue weighted by molar-refractivity contribution is 0.118. The van der Waals surface area contributed by atoms with E-state index in [2.05, 4.69) is 20.1 Å². The van der Waals surface area contributed by atoms with Crippen molar-refractivity contribution in [1.29, 1.82) is 0 Å². The number of hydrogen-bond acceptors (Lipinski definition) is 7. The maximum absolute atomic E-state index is 13.8. The first-order valence-electron chi connectivity index (χ1n) is 11.0. The fourth-order valence-electron chi connectivity index (χ4n) is 4.37. The highest BCUT2D eigenvalue weighted by Gasteiger charge is 2.21. The molecule has 33 heavy (non-hydrogen) atoms. The lowest BCUT2D eigenvalue weighted by atomic mass is 10.1. The number of benzene rings is 2. The Bertz CT molecular complexity index is 1330. The van der Waals surface area contributed by atoms with E-state index in [1.165, 1.54) is 18.2 Å². The van der Waals surface area contributed by atoms with Crippen LogP contribution in [-0.4, -0.2) is 60.4 Å². The minimum atomic E-state index is -0.604. The molecule has 2 N–H and O–H groups in total. The van der Waals surface area contributed by atoms with Crippen molar-refractivity contribution in [2.24, 2.45) is 0 Å². The topological polar surface area (TPSA) is 81.8 Å². The van der Waals surface area contributed by atoms with Crippen LogP contribution in [0.1, 0.15) is 0 Å². The molecule has 7 nitrogen and oxygen atoms in total. The van der Waals surface area contributed by atoms with Crippen LogP contribution in [-0.2, 0) is 0 Å². The first kappa shape index (κ1) is 21.4. The SMILES string of the molecule is O=c1cc(NC[C@H](O)CN2CCN(c3nccc4ccc(F)cc34)CC2)c2ccccc2o1. The molecule has 0 aliphatic carbocycles. The quantitative estimate of drug-likeness (QED) is 0.439. The van der Waals surface area contributed by atoms with Gasteiger partial charge in [-0.1, -0.05) is 18.2 Å². The van der Waals surface area contributed by atoms with Crippen LogP contribution in [0, 0.1) is 5.82 Å². The number of piperazine rings is 1. The summed E-state index contributed by atoms with van der Waals surface area (Å²) in [5.74, 6) is 0.527. The van der Waals surface area contributed by atoms with Crippen molar-refractivity contribution >= 4 is 33.2 Å². The highest BCUT2D eigenvalue weighted by molar-refractivity contribution is 5.92. The summed E-state index contributed by atoms with van der Waals surface area (Å²) in [5.41, 5.74) is 0.740. The van der Waals surface area contributed by atoms with Gasteiger partial charge in [0, 0.05) is 62.3 Å². The molecule has 1 saturated heterocycles. The fourth-order valence-corrected chi connectivity index (χ4v) is 4.37. The van der Waals surface area contributed by atoms with Crippen molar-refractivity contribution in [3.63, 3.8) is 0 Å². The van der Waals surface area contributed by atoms with Crippen LogP contribution in [0.4, 0.5) is 15.9 Å². The molecule has 170 valence electrons. The third kappa shape index (κ3) is 4.67. The van der Waals surface area contributed by atoms with Crippen LogP contribution in [0.3, 0.4) is 0 Å². The van der Waals surface area contributed by atoms with Gasteiger partial charge in [0.2, 0.25) is 0 Å². The highest BCUT2D eigenvalue weighted by atomic mass is 19.1. The van der Waals surface area contributed by atoms with E-state index in [1.54, 1.807) is 18.3 Å². The average Bonchev–Trinajstić information content (AvgIpc) is 2.82. The molecule has 3 heterocycles. The molecule has 0 radical (unpaired) electrons. The Balaban J connectivity index is 1.18. The second kappa shape index (κ2) is 9.17. The Hall–Kier alpha value is -3.49. The third-order valence-electron chi connectivity index (χ3n) is 6.03. The van der Waals surface area contributed by atoms with Crippen LogP contribution in [0.2, 0.25) is 0 Å². The monoisotopic (exact) mass is 448 g/mol. The molecule has 1 fully saturated rings. The van der Waals surface area contributed by atoms with Crippen molar-refractivity contribution in [3.05, 3.63) is 77.0 Å². The van der Waals surface area contributed by atoms with Gasteiger partial charge in [-0.3, -0.25) is 4.90 Å². The predicted molar refractivity (Wildman–Crippen MR) is 127 cm³/mol. The number of hydrogen-bond donors (Lipinski definition) is 2. The van der Waals surface area contributed by atoms with E-state index in [9.17, 15) is 14.3 Å². The van der Waals surface area contributed by atoms with Crippen LogP contribution in [0.25, 0.3) is 21.7 Å². The molecule has 0 bridgehead atoms. The number of halogens is 1. The van der Waals surface area contributed by atoms with Crippen LogP contribution >= 0.6 is 0 Å². The van der Waals surface area contributed by atoms with E-state index in [1.807, 2.05) is 24.3 Å². The van der Waals surface area contributed by atoms with Gasteiger partial charge in [-0.25, -0.2) is 14.2 Å². The fraction of sp³-hybridized carbons (Fsp3) is 0.280. The van der Waals surface area contributed by atoms with Gasteiger partial charge in [-0.15, -0.1) is 0 Å². The molecule has 2 aromatic carbocycles. The van der Waals surface area contributed by atoms with E-state index in [0.717, 1.165) is 48.2 Å². The number of anilines is 2. The second-order valence-electron chi connectivity index (χ2n) is 8.30. The molecule has 0 unspecified atom stereocenters. The first-order chi connectivity index (χ1) is 16.1. The van der Waals surface area contributed by atoms with Crippen molar-refractivity contribution in [1.82, 2.24) is 9.88 Å². The lowest BCUT2D eigenvalue weighted by Crippen LogP contribution is -2.49. The van der Waals surface area contributed by atoms with E-state index in [-0.39, 0.29) is 5.82 Å². The van der Waals surface area contributed by atoms with Gasteiger partial charge in [0.15, 0.2) is 0 Å². The number of para-hydroxylation sites is 1. The number of aliphatic hydroxyl groups excluding tert-OH is 1.